The Kier molecular flexibility index (Phi) is 4.24. The van der Waals surface area contributed by atoms with Gasteiger partial charge in [0.2, 0.25) is 0 Å². The van der Waals surface area contributed by atoms with Crippen LogP contribution in [0.15, 0.2) is 30.5 Å². The van der Waals surface area contributed by atoms with Gasteiger partial charge >= 0.3 is 0 Å². The number of rotatable bonds is 5. The summed E-state index contributed by atoms with van der Waals surface area (Å²) in [7, 11) is 3.42. The van der Waals surface area contributed by atoms with E-state index in [4.69, 9.17) is 10.5 Å². The summed E-state index contributed by atoms with van der Waals surface area (Å²) in [5, 5.41) is 6.93. The third-order valence-electron chi connectivity index (χ3n) is 3.08. The summed E-state index contributed by atoms with van der Waals surface area (Å²) in [6.45, 7) is 0.546. The van der Waals surface area contributed by atoms with Crippen molar-refractivity contribution in [3.8, 4) is 5.75 Å². The molecule has 1 amide bonds. The number of aromatic nitrogens is 2. The molecule has 1 heterocycles. The number of benzene rings is 1. The van der Waals surface area contributed by atoms with Gasteiger partial charge in [0, 0.05) is 37.5 Å². The lowest BCUT2D eigenvalue weighted by Gasteiger charge is -2.08. The molecule has 0 saturated carbocycles. The Labute approximate surface area is 117 Å². The SMILES string of the molecule is COc1ccc(C(=O)NCCc2ccnn2C)cc1N. The molecule has 0 fully saturated rings. The van der Waals surface area contributed by atoms with Crippen molar-refractivity contribution in [1.29, 1.82) is 0 Å². The molecule has 2 rings (SSSR count). The van der Waals surface area contributed by atoms with Crippen molar-refractivity contribution in [1.82, 2.24) is 15.1 Å². The molecule has 0 atom stereocenters. The molecule has 20 heavy (non-hydrogen) atoms. The number of methoxy groups -OCH3 is 1. The Bertz CT molecular complexity index is 607. The Balaban J connectivity index is 1.92. The molecule has 0 aliphatic carbocycles. The van der Waals surface area contributed by atoms with Crippen LogP contribution in [0.2, 0.25) is 0 Å². The first-order chi connectivity index (χ1) is 9.61. The molecule has 3 N–H and O–H groups in total. The molecule has 0 spiro atoms. The molecule has 6 heteroatoms. The van der Waals surface area contributed by atoms with Crippen molar-refractivity contribution >= 4 is 11.6 Å². The van der Waals surface area contributed by atoms with E-state index in [0.717, 1.165) is 12.1 Å². The quantitative estimate of drug-likeness (QED) is 0.796. The minimum atomic E-state index is -0.151. The zero-order chi connectivity index (χ0) is 14.5. The van der Waals surface area contributed by atoms with Gasteiger partial charge in [0.1, 0.15) is 5.75 Å². The molecular formula is C14H18N4O2. The van der Waals surface area contributed by atoms with Gasteiger partial charge in [0.25, 0.3) is 5.91 Å². The number of anilines is 1. The summed E-state index contributed by atoms with van der Waals surface area (Å²) < 4.78 is 6.85. The van der Waals surface area contributed by atoms with Crippen LogP contribution in [0, 0.1) is 0 Å². The zero-order valence-corrected chi connectivity index (χ0v) is 11.6. The van der Waals surface area contributed by atoms with Crippen molar-refractivity contribution in [3.05, 3.63) is 41.7 Å². The van der Waals surface area contributed by atoms with E-state index in [2.05, 4.69) is 10.4 Å². The number of nitrogen functional groups attached to an aromatic ring is 1. The first-order valence-electron chi connectivity index (χ1n) is 6.30. The van der Waals surface area contributed by atoms with Crippen LogP contribution in [0.3, 0.4) is 0 Å². The third kappa shape index (κ3) is 3.09. The highest BCUT2D eigenvalue weighted by Crippen LogP contribution is 2.21. The number of carbonyl (C=O) groups is 1. The maximum atomic E-state index is 12.0. The highest BCUT2D eigenvalue weighted by molar-refractivity contribution is 5.95. The number of nitrogens with zero attached hydrogens (tertiary/aromatic N) is 2. The van der Waals surface area contributed by atoms with Crippen LogP contribution in [0.5, 0.6) is 5.75 Å². The molecule has 6 nitrogen and oxygen atoms in total. The van der Waals surface area contributed by atoms with Gasteiger partial charge in [-0.3, -0.25) is 9.48 Å². The van der Waals surface area contributed by atoms with E-state index in [9.17, 15) is 4.79 Å². The second-order valence-corrected chi connectivity index (χ2v) is 4.41. The van der Waals surface area contributed by atoms with Gasteiger partial charge in [-0.05, 0) is 24.3 Å². The van der Waals surface area contributed by atoms with Crippen molar-refractivity contribution in [3.63, 3.8) is 0 Å². The molecule has 1 aromatic heterocycles. The van der Waals surface area contributed by atoms with Crippen molar-refractivity contribution in [2.24, 2.45) is 7.05 Å². The molecule has 0 unspecified atom stereocenters. The van der Waals surface area contributed by atoms with Crippen LogP contribution in [-0.4, -0.2) is 29.3 Å². The maximum absolute atomic E-state index is 12.0. The van der Waals surface area contributed by atoms with E-state index < -0.39 is 0 Å². The second-order valence-electron chi connectivity index (χ2n) is 4.41. The fraction of sp³-hybridized carbons (Fsp3) is 0.286. The summed E-state index contributed by atoms with van der Waals surface area (Å²) in [6, 6.07) is 6.91. The van der Waals surface area contributed by atoms with E-state index in [1.807, 2.05) is 13.1 Å². The second kappa shape index (κ2) is 6.10. The lowest BCUT2D eigenvalue weighted by molar-refractivity contribution is 0.0954. The fourth-order valence-corrected chi connectivity index (χ4v) is 1.93. The topological polar surface area (TPSA) is 82.2 Å². The van der Waals surface area contributed by atoms with Gasteiger partial charge in [0.15, 0.2) is 0 Å². The van der Waals surface area contributed by atoms with Crippen molar-refractivity contribution in [2.75, 3.05) is 19.4 Å². The zero-order valence-electron chi connectivity index (χ0n) is 11.6. The van der Waals surface area contributed by atoms with Crippen LogP contribution in [0.1, 0.15) is 16.1 Å². The van der Waals surface area contributed by atoms with Gasteiger partial charge in [-0.2, -0.15) is 5.10 Å². The molecule has 106 valence electrons. The summed E-state index contributed by atoms with van der Waals surface area (Å²) in [4.78, 5) is 12.0. The van der Waals surface area contributed by atoms with Crippen LogP contribution in [0.25, 0.3) is 0 Å². The number of hydrogen-bond donors (Lipinski definition) is 2. The van der Waals surface area contributed by atoms with Gasteiger partial charge in [0.05, 0.1) is 12.8 Å². The van der Waals surface area contributed by atoms with Crippen molar-refractivity contribution in [2.45, 2.75) is 6.42 Å². The van der Waals surface area contributed by atoms with E-state index in [-0.39, 0.29) is 5.91 Å². The first kappa shape index (κ1) is 13.9. The van der Waals surface area contributed by atoms with Crippen LogP contribution >= 0.6 is 0 Å². The number of hydrogen-bond acceptors (Lipinski definition) is 4. The average molecular weight is 274 g/mol. The molecule has 0 aliphatic heterocycles. The predicted molar refractivity (Wildman–Crippen MR) is 76.7 cm³/mol. The van der Waals surface area contributed by atoms with Gasteiger partial charge in [-0.15, -0.1) is 0 Å². The summed E-state index contributed by atoms with van der Waals surface area (Å²) in [5.41, 5.74) is 7.82. The number of nitrogens with one attached hydrogen (secondary N) is 1. The number of nitrogens with two attached hydrogens (primary N) is 1. The van der Waals surface area contributed by atoms with Crippen LogP contribution in [-0.2, 0) is 13.5 Å². The number of aryl methyl sites for hydroxylation is 1. The standard InChI is InChI=1S/C14H18N4O2/c1-18-11(6-8-17-18)5-7-16-14(19)10-3-4-13(20-2)12(15)9-10/h3-4,6,8-9H,5,7,15H2,1-2H3,(H,16,19). The number of ether oxygens (including phenoxy) is 1. The molecule has 0 radical (unpaired) electrons. The molecule has 1 aromatic carbocycles. The fourth-order valence-electron chi connectivity index (χ4n) is 1.93. The van der Waals surface area contributed by atoms with Crippen LogP contribution < -0.4 is 15.8 Å². The largest absolute Gasteiger partial charge is 0.495 e. The molecule has 2 aromatic rings. The minimum Gasteiger partial charge on any atom is -0.495 e. The van der Waals surface area contributed by atoms with E-state index in [0.29, 0.717) is 23.5 Å². The van der Waals surface area contributed by atoms with Crippen LogP contribution in [0.4, 0.5) is 5.69 Å². The molecule has 0 saturated heterocycles. The molecular weight excluding hydrogens is 256 g/mol. The minimum absolute atomic E-state index is 0.151. The highest BCUT2D eigenvalue weighted by Gasteiger charge is 2.08. The summed E-state index contributed by atoms with van der Waals surface area (Å²) >= 11 is 0. The van der Waals surface area contributed by atoms with E-state index in [1.165, 1.54) is 0 Å². The Hall–Kier alpha value is -2.50. The van der Waals surface area contributed by atoms with Gasteiger partial charge < -0.3 is 15.8 Å². The summed E-state index contributed by atoms with van der Waals surface area (Å²) in [6.07, 6.45) is 2.47. The molecule has 0 bridgehead atoms. The lowest BCUT2D eigenvalue weighted by Crippen LogP contribution is -2.26. The first-order valence-corrected chi connectivity index (χ1v) is 6.30. The monoisotopic (exact) mass is 274 g/mol. The molecule has 0 aliphatic rings. The van der Waals surface area contributed by atoms with E-state index in [1.54, 1.807) is 36.2 Å². The predicted octanol–water partition coefficient (Wildman–Crippen LogP) is 0.983. The Morgan fingerprint density at radius 1 is 1.45 bits per heavy atom. The summed E-state index contributed by atoms with van der Waals surface area (Å²) in [5.74, 6) is 0.415. The number of amides is 1. The maximum Gasteiger partial charge on any atom is 0.251 e. The Morgan fingerprint density at radius 2 is 2.25 bits per heavy atom. The highest BCUT2D eigenvalue weighted by atomic mass is 16.5. The number of carbonyl (C=O) groups excluding carboxylic acids is 1. The van der Waals surface area contributed by atoms with Gasteiger partial charge in [-0.1, -0.05) is 0 Å². The Morgan fingerprint density at radius 3 is 2.85 bits per heavy atom. The average Bonchev–Trinajstić information content (AvgIpc) is 2.84. The normalized spacial score (nSPS) is 10.3. The van der Waals surface area contributed by atoms with E-state index >= 15 is 0 Å². The third-order valence-corrected chi connectivity index (χ3v) is 3.08. The lowest BCUT2D eigenvalue weighted by atomic mass is 10.1. The van der Waals surface area contributed by atoms with Crippen molar-refractivity contribution < 1.29 is 9.53 Å². The van der Waals surface area contributed by atoms with Gasteiger partial charge in [-0.25, -0.2) is 0 Å². The smallest absolute Gasteiger partial charge is 0.251 e.